The van der Waals surface area contributed by atoms with E-state index < -0.39 is 0 Å². The minimum atomic E-state index is -0.328. The number of halogens is 2. The lowest BCUT2D eigenvalue weighted by molar-refractivity contribution is 0.102. The summed E-state index contributed by atoms with van der Waals surface area (Å²) in [7, 11) is 0. The van der Waals surface area contributed by atoms with E-state index in [1.807, 2.05) is 60.7 Å². The van der Waals surface area contributed by atoms with E-state index in [1.165, 1.54) is 11.3 Å². The minimum absolute atomic E-state index is 0.204. The summed E-state index contributed by atoms with van der Waals surface area (Å²) in [4.78, 5) is 31.0. The van der Waals surface area contributed by atoms with Gasteiger partial charge in [0, 0.05) is 21.7 Å². The van der Waals surface area contributed by atoms with E-state index in [0.29, 0.717) is 53.7 Å². The SMILES string of the molecule is O=C(Nc1nnc(-c2ccc(-n3c(-c4ccccc4Cl)nc4ccccc4c3=O)cc2)s1)c1cccc(Cl)c1. The molecule has 0 spiro atoms. The average molecular weight is 570 g/mol. The zero-order valence-electron chi connectivity index (χ0n) is 20.0. The van der Waals surface area contributed by atoms with E-state index in [0.717, 1.165) is 5.56 Å². The summed E-state index contributed by atoms with van der Waals surface area (Å²) in [5.41, 5.74) is 2.86. The number of nitrogens with zero attached hydrogens (tertiary/aromatic N) is 4. The van der Waals surface area contributed by atoms with Crippen LogP contribution in [0.5, 0.6) is 0 Å². The van der Waals surface area contributed by atoms with E-state index in [1.54, 1.807) is 41.0 Å². The van der Waals surface area contributed by atoms with Crippen molar-refractivity contribution in [2.24, 2.45) is 0 Å². The van der Waals surface area contributed by atoms with Crippen LogP contribution < -0.4 is 10.9 Å². The fraction of sp³-hybridized carbons (Fsp3) is 0. The summed E-state index contributed by atoms with van der Waals surface area (Å²) in [6.45, 7) is 0. The number of rotatable bonds is 5. The third-order valence-corrected chi connectivity index (χ3v) is 7.45. The quantitative estimate of drug-likeness (QED) is 0.238. The number of anilines is 1. The maximum Gasteiger partial charge on any atom is 0.266 e. The van der Waals surface area contributed by atoms with E-state index in [9.17, 15) is 9.59 Å². The molecule has 0 fully saturated rings. The van der Waals surface area contributed by atoms with Crippen molar-refractivity contribution in [3.63, 3.8) is 0 Å². The molecule has 39 heavy (non-hydrogen) atoms. The molecule has 7 nitrogen and oxygen atoms in total. The van der Waals surface area contributed by atoms with Crippen molar-refractivity contribution in [2.75, 3.05) is 5.32 Å². The van der Waals surface area contributed by atoms with Gasteiger partial charge in [0.1, 0.15) is 10.8 Å². The third-order valence-electron chi connectivity index (χ3n) is 6.00. The molecule has 0 radical (unpaired) electrons. The molecule has 0 bridgehead atoms. The molecule has 6 rings (SSSR count). The first kappa shape index (κ1) is 24.9. The molecule has 0 atom stereocenters. The molecule has 2 heterocycles. The van der Waals surface area contributed by atoms with Gasteiger partial charge in [0.15, 0.2) is 0 Å². The summed E-state index contributed by atoms with van der Waals surface area (Å²) in [6, 6.07) is 28.5. The number of benzene rings is 4. The second-order valence-electron chi connectivity index (χ2n) is 8.50. The Morgan fingerprint density at radius 1 is 0.846 bits per heavy atom. The van der Waals surface area contributed by atoms with Crippen LogP contribution in [0.4, 0.5) is 5.13 Å². The number of carbonyl (C=O) groups excluding carboxylic acids is 1. The first-order chi connectivity index (χ1) is 19.0. The minimum Gasteiger partial charge on any atom is -0.296 e. The van der Waals surface area contributed by atoms with Crippen LogP contribution in [0, 0.1) is 0 Å². The Kier molecular flexibility index (Phi) is 6.66. The van der Waals surface area contributed by atoms with Crippen LogP contribution in [0.2, 0.25) is 10.0 Å². The number of fused-ring (bicyclic) bond motifs is 1. The van der Waals surface area contributed by atoms with Gasteiger partial charge in [0.2, 0.25) is 5.13 Å². The highest BCUT2D eigenvalue weighted by Gasteiger charge is 2.17. The standard InChI is InChI=1S/C29H17Cl2N5O2S/c30-19-7-5-6-18(16-19)26(37)33-29-35-34-27(39-29)17-12-14-20(15-13-17)36-25(21-8-1-3-10-23(21)31)32-24-11-4-2-9-22(24)28(36)38/h1-16H,(H,33,35,37). The highest BCUT2D eigenvalue weighted by atomic mass is 35.5. The molecule has 2 aromatic heterocycles. The maximum atomic E-state index is 13.6. The molecular weight excluding hydrogens is 553 g/mol. The number of hydrogen-bond acceptors (Lipinski definition) is 6. The lowest BCUT2D eigenvalue weighted by atomic mass is 10.1. The molecule has 0 saturated carbocycles. The molecule has 0 aliphatic heterocycles. The Balaban J connectivity index is 1.35. The van der Waals surface area contributed by atoms with Crippen LogP contribution in [-0.2, 0) is 0 Å². The lowest BCUT2D eigenvalue weighted by Gasteiger charge is -2.15. The zero-order chi connectivity index (χ0) is 26.9. The first-order valence-corrected chi connectivity index (χ1v) is 13.3. The van der Waals surface area contributed by atoms with Crippen LogP contribution >= 0.6 is 34.5 Å². The van der Waals surface area contributed by atoms with Crippen LogP contribution in [0.3, 0.4) is 0 Å². The number of para-hydroxylation sites is 1. The molecule has 0 aliphatic rings. The predicted octanol–water partition coefficient (Wildman–Crippen LogP) is 7.13. The Morgan fingerprint density at radius 3 is 2.41 bits per heavy atom. The highest BCUT2D eigenvalue weighted by Crippen LogP contribution is 2.31. The fourth-order valence-electron chi connectivity index (χ4n) is 4.14. The molecule has 190 valence electrons. The molecule has 6 aromatic rings. The van der Waals surface area contributed by atoms with Gasteiger partial charge in [-0.05, 0) is 66.7 Å². The maximum absolute atomic E-state index is 13.6. The van der Waals surface area contributed by atoms with E-state index in [2.05, 4.69) is 15.5 Å². The van der Waals surface area contributed by atoms with Crippen LogP contribution in [0.15, 0.2) is 102 Å². The number of carbonyl (C=O) groups is 1. The summed E-state index contributed by atoms with van der Waals surface area (Å²) >= 11 is 13.7. The van der Waals surface area contributed by atoms with Gasteiger partial charge >= 0.3 is 0 Å². The molecule has 0 aliphatic carbocycles. The van der Waals surface area contributed by atoms with E-state index >= 15 is 0 Å². The van der Waals surface area contributed by atoms with Gasteiger partial charge in [-0.25, -0.2) is 4.98 Å². The van der Waals surface area contributed by atoms with Crippen molar-refractivity contribution in [1.29, 1.82) is 0 Å². The van der Waals surface area contributed by atoms with Crippen molar-refractivity contribution in [2.45, 2.75) is 0 Å². The zero-order valence-corrected chi connectivity index (χ0v) is 22.3. The summed E-state index contributed by atoms with van der Waals surface area (Å²) in [5.74, 6) is 0.116. The summed E-state index contributed by atoms with van der Waals surface area (Å²) in [5, 5.41) is 13.5. The fourth-order valence-corrected chi connectivity index (χ4v) is 5.29. The molecule has 1 amide bonds. The Bertz CT molecular complexity index is 1920. The smallest absolute Gasteiger partial charge is 0.266 e. The number of aromatic nitrogens is 4. The van der Waals surface area contributed by atoms with Gasteiger partial charge in [-0.3, -0.25) is 19.5 Å². The second kappa shape index (κ2) is 10.4. The topological polar surface area (TPSA) is 89.8 Å². The van der Waals surface area contributed by atoms with Gasteiger partial charge < -0.3 is 0 Å². The molecule has 0 unspecified atom stereocenters. The van der Waals surface area contributed by atoms with Crippen molar-refractivity contribution in [3.05, 3.63) is 123 Å². The van der Waals surface area contributed by atoms with E-state index in [-0.39, 0.29) is 11.5 Å². The molecule has 1 N–H and O–H groups in total. The monoisotopic (exact) mass is 569 g/mol. The predicted molar refractivity (Wildman–Crippen MR) is 156 cm³/mol. The van der Waals surface area contributed by atoms with Crippen molar-refractivity contribution >= 4 is 56.5 Å². The van der Waals surface area contributed by atoms with Crippen LogP contribution in [-0.4, -0.2) is 25.7 Å². The largest absolute Gasteiger partial charge is 0.296 e. The molecule has 10 heteroatoms. The Morgan fingerprint density at radius 2 is 1.62 bits per heavy atom. The molecule has 0 saturated heterocycles. The second-order valence-corrected chi connectivity index (χ2v) is 10.3. The van der Waals surface area contributed by atoms with Gasteiger partial charge in [-0.2, -0.15) is 0 Å². The van der Waals surface area contributed by atoms with E-state index in [4.69, 9.17) is 28.2 Å². The first-order valence-electron chi connectivity index (χ1n) is 11.8. The Labute approximate surface area is 236 Å². The molecular formula is C29H17Cl2N5O2S. The summed E-state index contributed by atoms with van der Waals surface area (Å²) < 4.78 is 1.56. The third kappa shape index (κ3) is 4.93. The van der Waals surface area contributed by atoms with Gasteiger partial charge in [0.25, 0.3) is 11.5 Å². The van der Waals surface area contributed by atoms with Crippen molar-refractivity contribution in [1.82, 2.24) is 19.7 Å². The van der Waals surface area contributed by atoms with Crippen molar-refractivity contribution in [3.8, 4) is 27.6 Å². The van der Waals surface area contributed by atoms with Crippen LogP contribution in [0.25, 0.3) is 38.5 Å². The van der Waals surface area contributed by atoms with Crippen molar-refractivity contribution < 1.29 is 4.79 Å². The normalized spacial score (nSPS) is 11.0. The summed E-state index contributed by atoms with van der Waals surface area (Å²) in [6.07, 6.45) is 0. The van der Waals surface area contributed by atoms with Gasteiger partial charge in [0.05, 0.1) is 21.6 Å². The average Bonchev–Trinajstić information content (AvgIpc) is 3.42. The van der Waals surface area contributed by atoms with Gasteiger partial charge in [-0.1, -0.05) is 64.9 Å². The molecule has 4 aromatic carbocycles. The number of hydrogen-bond donors (Lipinski definition) is 1. The van der Waals surface area contributed by atoms with Gasteiger partial charge in [-0.15, -0.1) is 10.2 Å². The lowest BCUT2D eigenvalue weighted by Crippen LogP contribution is -2.22. The van der Waals surface area contributed by atoms with Crippen LogP contribution in [0.1, 0.15) is 10.4 Å². The highest BCUT2D eigenvalue weighted by molar-refractivity contribution is 7.18. The number of nitrogens with one attached hydrogen (secondary N) is 1. The Hall–Kier alpha value is -4.37. The number of amides is 1.